The lowest BCUT2D eigenvalue weighted by Gasteiger charge is -2.25. The lowest BCUT2D eigenvalue weighted by atomic mass is 9.90. The minimum Gasteiger partial charge on any atom is -0.0683 e. The topological polar surface area (TPSA) is 0 Å². The summed E-state index contributed by atoms with van der Waals surface area (Å²) in [6.45, 7) is 19.4. The Morgan fingerprint density at radius 3 is 1.96 bits per heavy atom. The quantitative estimate of drug-likeness (QED) is 0.520. The van der Waals surface area contributed by atoms with E-state index in [2.05, 4.69) is 89.5 Å². The molecule has 0 aliphatic heterocycles. The largest absolute Gasteiger partial charge is 0.0776 e. The number of rotatable bonds is 5. The maximum atomic E-state index is 2.55. The van der Waals surface area contributed by atoms with Gasteiger partial charge in [0.15, 0.2) is 0 Å². The van der Waals surface area contributed by atoms with Gasteiger partial charge in [-0.3, -0.25) is 0 Å². The van der Waals surface area contributed by atoms with Gasteiger partial charge in [0.05, 0.1) is 16.1 Å². The van der Waals surface area contributed by atoms with Crippen molar-refractivity contribution in [3.05, 3.63) is 52.6 Å². The van der Waals surface area contributed by atoms with Crippen LogP contribution in [-0.4, -0.2) is 16.1 Å². The Labute approximate surface area is 168 Å². The van der Waals surface area contributed by atoms with Crippen molar-refractivity contribution < 1.29 is 0 Å². The maximum Gasteiger partial charge on any atom is 0.0776 e. The van der Waals surface area contributed by atoms with Gasteiger partial charge in [0.1, 0.15) is 0 Å². The van der Waals surface area contributed by atoms with Crippen LogP contribution in [0.1, 0.15) is 37.0 Å². The van der Waals surface area contributed by atoms with Gasteiger partial charge in [-0.2, -0.15) is 0 Å². The number of allylic oxidation sites excluding steroid dienone is 1. The number of fused-ring (bicyclic) bond motifs is 1. The van der Waals surface area contributed by atoms with Crippen LogP contribution in [0.5, 0.6) is 0 Å². The minimum absolute atomic E-state index is 1.11. The Kier molecular flexibility index (Phi) is 5.44. The monoisotopic (exact) mass is 392 g/mol. The van der Waals surface area contributed by atoms with Gasteiger partial charge in [-0.15, -0.1) is 0 Å². The van der Waals surface area contributed by atoms with Crippen LogP contribution in [0.25, 0.3) is 17.2 Å². The summed E-state index contributed by atoms with van der Waals surface area (Å²) in [6.07, 6.45) is 5.92. The van der Waals surface area contributed by atoms with Crippen molar-refractivity contribution in [1.82, 2.24) is 0 Å². The van der Waals surface area contributed by atoms with Crippen molar-refractivity contribution in [2.24, 2.45) is 0 Å². The smallest absolute Gasteiger partial charge is 0.0683 e. The van der Waals surface area contributed by atoms with E-state index in [1.807, 2.05) is 0 Å². The molecule has 0 saturated carbocycles. The number of hydrogen-bond donors (Lipinski definition) is 0. The summed E-state index contributed by atoms with van der Waals surface area (Å²) in [5.41, 5.74) is 9.01. The van der Waals surface area contributed by atoms with Crippen molar-refractivity contribution in [3.8, 4) is 11.1 Å². The molecule has 2 aromatic rings. The zero-order valence-electron chi connectivity index (χ0n) is 18.6. The van der Waals surface area contributed by atoms with Gasteiger partial charge in [-0.05, 0) is 47.6 Å². The van der Waals surface area contributed by atoms with E-state index < -0.39 is 16.1 Å². The molecule has 27 heavy (non-hydrogen) atoms. The molecule has 0 unspecified atom stereocenters. The number of benzene rings is 2. The van der Waals surface area contributed by atoms with E-state index in [1.54, 1.807) is 10.4 Å². The second-order valence-corrected chi connectivity index (χ2v) is 20.5. The molecular formula is C25H36Si2. The van der Waals surface area contributed by atoms with Crippen LogP contribution in [0, 0.1) is 0 Å². The van der Waals surface area contributed by atoms with E-state index in [1.165, 1.54) is 39.8 Å². The summed E-state index contributed by atoms with van der Waals surface area (Å²) < 4.78 is 0. The molecule has 0 spiro atoms. The first-order chi connectivity index (χ1) is 12.5. The summed E-state index contributed by atoms with van der Waals surface area (Å²) >= 11 is 0. The fourth-order valence-corrected chi connectivity index (χ4v) is 6.58. The Balaban J connectivity index is 2.32. The fourth-order valence-electron chi connectivity index (χ4n) is 4.08. The van der Waals surface area contributed by atoms with Gasteiger partial charge in [-0.25, -0.2) is 0 Å². The highest BCUT2D eigenvalue weighted by atomic mass is 28.3. The first kappa shape index (κ1) is 20.4. The molecule has 0 nitrogen and oxygen atoms in total. The SMILES string of the molecule is CCCc1ccc2c(c1-c1cc([Si](C)(C)C)cc([Si](C)(C)C)c1)C=C(C)C2. The highest BCUT2D eigenvalue weighted by Crippen LogP contribution is 2.37. The van der Waals surface area contributed by atoms with E-state index in [4.69, 9.17) is 0 Å². The van der Waals surface area contributed by atoms with Crippen molar-refractivity contribution in [2.75, 3.05) is 0 Å². The number of hydrogen-bond acceptors (Lipinski definition) is 0. The lowest BCUT2D eigenvalue weighted by molar-refractivity contribution is 0.922. The Morgan fingerprint density at radius 1 is 0.852 bits per heavy atom. The van der Waals surface area contributed by atoms with Gasteiger partial charge in [0, 0.05) is 0 Å². The predicted octanol–water partition coefficient (Wildman–Crippen LogP) is 6.36. The first-order valence-corrected chi connectivity index (χ1v) is 17.5. The second kappa shape index (κ2) is 7.22. The van der Waals surface area contributed by atoms with Crippen molar-refractivity contribution in [2.45, 2.75) is 72.4 Å². The van der Waals surface area contributed by atoms with Crippen LogP contribution in [-0.2, 0) is 12.8 Å². The van der Waals surface area contributed by atoms with Gasteiger partial charge in [0.2, 0.25) is 0 Å². The van der Waals surface area contributed by atoms with Gasteiger partial charge < -0.3 is 0 Å². The van der Waals surface area contributed by atoms with Gasteiger partial charge in [-0.1, -0.05) is 105 Å². The standard InChI is InChI=1S/C25H36Si2/c1-9-10-19-11-12-20-13-18(2)14-24(20)25(19)21-15-22(26(3,4)5)17-23(16-21)27(6,7)8/h11-12,14-17H,9-10,13H2,1-8H3. The van der Waals surface area contributed by atoms with Crippen molar-refractivity contribution in [3.63, 3.8) is 0 Å². The molecule has 2 heteroatoms. The zero-order chi connectivity index (χ0) is 20.0. The van der Waals surface area contributed by atoms with Crippen LogP contribution in [0.15, 0.2) is 35.9 Å². The fraction of sp³-hybridized carbons (Fsp3) is 0.440. The molecule has 1 aliphatic rings. The molecule has 0 atom stereocenters. The predicted molar refractivity (Wildman–Crippen MR) is 129 cm³/mol. The van der Waals surface area contributed by atoms with Crippen LogP contribution in [0.2, 0.25) is 39.3 Å². The molecule has 0 heterocycles. The third kappa shape index (κ3) is 4.22. The molecule has 1 aliphatic carbocycles. The summed E-state index contributed by atoms with van der Waals surface area (Å²) in [5.74, 6) is 0. The summed E-state index contributed by atoms with van der Waals surface area (Å²) in [4.78, 5) is 0. The zero-order valence-corrected chi connectivity index (χ0v) is 20.6. The van der Waals surface area contributed by atoms with Gasteiger partial charge >= 0.3 is 0 Å². The molecule has 0 bridgehead atoms. The molecule has 144 valence electrons. The molecule has 0 fully saturated rings. The average molecular weight is 393 g/mol. The summed E-state index contributed by atoms with van der Waals surface area (Å²) in [6, 6.07) is 12.4. The average Bonchev–Trinajstić information content (AvgIpc) is 2.93. The van der Waals surface area contributed by atoms with Crippen LogP contribution < -0.4 is 10.4 Å². The van der Waals surface area contributed by atoms with Gasteiger partial charge in [0.25, 0.3) is 0 Å². The van der Waals surface area contributed by atoms with Crippen LogP contribution in [0.4, 0.5) is 0 Å². The second-order valence-electron chi connectivity index (χ2n) is 10.4. The highest BCUT2D eigenvalue weighted by Gasteiger charge is 2.25. The molecule has 3 rings (SSSR count). The van der Waals surface area contributed by atoms with E-state index in [9.17, 15) is 0 Å². The summed E-state index contributed by atoms with van der Waals surface area (Å²) in [5, 5.41) is 3.22. The lowest BCUT2D eigenvalue weighted by Crippen LogP contribution is -2.45. The molecule has 2 aromatic carbocycles. The van der Waals surface area contributed by atoms with Crippen LogP contribution >= 0.6 is 0 Å². The minimum atomic E-state index is -1.38. The molecule has 0 saturated heterocycles. The van der Waals surface area contributed by atoms with E-state index >= 15 is 0 Å². The van der Waals surface area contributed by atoms with E-state index in [-0.39, 0.29) is 0 Å². The third-order valence-corrected chi connectivity index (χ3v) is 9.80. The Morgan fingerprint density at radius 2 is 1.44 bits per heavy atom. The molecular weight excluding hydrogens is 356 g/mol. The molecule has 0 N–H and O–H groups in total. The van der Waals surface area contributed by atoms with E-state index in [0.717, 1.165) is 12.8 Å². The Bertz CT molecular complexity index is 858. The maximum absolute atomic E-state index is 2.55. The van der Waals surface area contributed by atoms with Crippen LogP contribution in [0.3, 0.4) is 0 Å². The number of aryl methyl sites for hydroxylation is 1. The molecule has 0 amide bonds. The molecule has 0 aromatic heterocycles. The summed E-state index contributed by atoms with van der Waals surface area (Å²) in [7, 11) is -2.75. The Hall–Kier alpha value is -1.39. The van der Waals surface area contributed by atoms with E-state index in [0.29, 0.717) is 0 Å². The van der Waals surface area contributed by atoms with Crippen molar-refractivity contribution >= 4 is 32.6 Å². The first-order valence-electron chi connectivity index (χ1n) is 10.5. The molecule has 0 radical (unpaired) electrons. The normalized spacial score (nSPS) is 14.3. The third-order valence-electron chi connectivity index (χ3n) is 5.76. The van der Waals surface area contributed by atoms with Crippen molar-refractivity contribution in [1.29, 1.82) is 0 Å². The highest BCUT2D eigenvalue weighted by molar-refractivity contribution is 6.91.